The Morgan fingerprint density at radius 2 is 1.73 bits per heavy atom. The standard InChI is InChI=1S/C10H20O5/c1-5(2)4-14-10-9(13)8(12)7(11)6(3)15-10/h5-13H,4H2,1-3H3/t6?,7-,8?,9?,10+/m0/s1. The van der Waals surface area contributed by atoms with Gasteiger partial charge in [0.05, 0.1) is 12.7 Å². The highest BCUT2D eigenvalue weighted by atomic mass is 16.7. The van der Waals surface area contributed by atoms with Crippen molar-refractivity contribution in [1.29, 1.82) is 0 Å². The number of rotatable bonds is 3. The molecule has 0 aromatic carbocycles. The molecule has 3 unspecified atom stereocenters. The van der Waals surface area contributed by atoms with Crippen LogP contribution in [-0.2, 0) is 9.47 Å². The molecule has 3 N–H and O–H groups in total. The Morgan fingerprint density at radius 1 is 1.13 bits per heavy atom. The lowest BCUT2D eigenvalue weighted by atomic mass is 10.00. The van der Waals surface area contributed by atoms with E-state index in [0.29, 0.717) is 12.5 Å². The fourth-order valence-electron chi connectivity index (χ4n) is 1.44. The molecule has 0 bridgehead atoms. The van der Waals surface area contributed by atoms with Crippen LogP contribution in [0.3, 0.4) is 0 Å². The number of hydrogen-bond donors (Lipinski definition) is 3. The molecule has 0 radical (unpaired) electrons. The maximum absolute atomic E-state index is 9.58. The van der Waals surface area contributed by atoms with Gasteiger partial charge in [0, 0.05) is 0 Å². The van der Waals surface area contributed by atoms with Gasteiger partial charge in [-0.3, -0.25) is 0 Å². The Morgan fingerprint density at radius 3 is 2.27 bits per heavy atom. The first-order valence-electron chi connectivity index (χ1n) is 5.24. The molecular formula is C10H20O5. The Balaban J connectivity index is 2.51. The molecule has 0 aliphatic carbocycles. The molecule has 90 valence electrons. The molecule has 0 aromatic heterocycles. The third-order valence-electron chi connectivity index (χ3n) is 2.40. The fourth-order valence-corrected chi connectivity index (χ4v) is 1.44. The molecular weight excluding hydrogens is 200 g/mol. The van der Waals surface area contributed by atoms with E-state index in [1.165, 1.54) is 0 Å². The number of ether oxygens (including phenoxy) is 2. The maximum atomic E-state index is 9.58. The highest BCUT2D eigenvalue weighted by molar-refractivity contribution is 4.87. The highest BCUT2D eigenvalue weighted by Gasteiger charge is 2.42. The second kappa shape index (κ2) is 5.23. The van der Waals surface area contributed by atoms with Crippen LogP contribution in [0.4, 0.5) is 0 Å². The topological polar surface area (TPSA) is 79.2 Å². The molecule has 0 saturated carbocycles. The van der Waals surface area contributed by atoms with Crippen molar-refractivity contribution < 1.29 is 24.8 Å². The van der Waals surface area contributed by atoms with Crippen LogP contribution < -0.4 is 0 Å². The van der Waals surface area contributed by atoms with Gasteiger partial charge in [-0.15, -0.1) is 0 Å². The van der Waals surface area contributed by atoms with Gasteiger partial charge in [0.25, 0.3) is 0 Å². The lowest BCUT2D eigenvalue weighted by molar-refractivity contribution is -0.294. The Bertz CT molecular complexity index is 196. The zero-order chi connectivity index (χ0) is 11.6. The van der Waals surface area contributed by atoms with Crippen molar-refractivity contribution in [3.63, 3.8) is 0 Å². The van der Waals surface area contributed by atoms with E-state index in [2.05, 4.69) is 0 Å². The summed E-state index contributed by atoms with van der Waals surface area (Å²) in [6, 6.07) is 0. The van der Waals surface area contributed by atoms with Crippen LogP contribution in [0.1, 0.15) is 20.8 Å². The summed E-state index contributed by atoms with van der Waals surface area (Å²) in [7, 11) is 0. The van der Waals surface area contributed by atoms with Crippen LogP contribution in [0.5, 0.6) is 0 Å². The third kappa shape index (κ3) is 3.12. The van der Waals surface area contributed by atoms with E-state index in [9.17, 15) is 15.3 Å². The number of aliphatic hydroxyl groups excluding tert-OH is 3. The molecule has 1 aliphatic heterocycles. The van der Waals surface area contributed by atoms with Gasteiger partial charge in [-0.05, 0) is 12.8 Å². The monoisotopic (exact) mass is 220 g/mol. The van der Waals surface area contributed by atoms with Gasteiger partial charge in [-0.2, -0.15) is 0 Å². The molecule has 1 aliphatic rings. The van der Waals surface area contributed by atoms with E-state index in [4.69, 9.17) is 9.47 Å². The van der Waals surface area contributed by atoms with Gasteiger partial charge in [-0.1, -0.05) is 13.8 Å². The van der Waals surface area contributed by atoms with Crippen LogP contribution in [0.2, 0.25) is 0 Å². The van der Waals surface area contributed by atoms with Gasteiger partial charge in [-0.25, -0.2) is 0 Å². The van der Waals surface area contributed by atoms with Crippen molar-refractivity contribution in [1.82, 2.24) is 0 Å². The first-order chi connectivity index (χ1) is 6.93. The SMILES string of the molecule is CC(C)CO[C@@H]1OC(C)[C@H](O)C(O)C1O. The first-order valence-corrected chi connectivity index (χ1v) is 5.24. The van der Waals surface area contributed by atoms with Gasteiger partial charge in [0.2, 0.25) is 0 Å². The summed E-state index contributed by atoms with van der Waals surface area (Å²) in [5.74, 6) is 0.320. The van der Waals surface area contributed by atoms with E-state index >= 15 is 0 Å². The summed E-state index contributed by atoms with van der Waals surface area (Å²) in [6.45, 7) is 6.02. The van der Waals surface area contributed by atoms with E-state index in [0.717, 1.165) is 0 Å². The van der Waals surface area contributed by atoms with Crippen LogP contribution in [0, 0.1) is 5.92 Å². The maximum Gasteiger partial charge on any atom is 0.186 e. The predicted molar refractivity (Wildman–Crippen MR) is 53.1 cm³/mol. The van der Waals surface area contributed by atoms with E-state index < -0.39 is 30.7 Å². The molecule has 0 aromatic rings. The average molecular weight is 220 g/mol. The quantitative estimate of drug-likeness (QED) is 0.597. The largest absolute Gasteiger partial charge is 0.388 e. The normalized spacial score (nSPS) is 42.2. The van der Waals surface area contributed by atoms with Crippen molar-refractivity contribution in [2.45, 2.75) is 51.5 Å². The molecule has 1 fully saturated rings. The number of aliphatic hydroxyl groups is 3. The van der Waals surface area contributed by atoms with E-state index in [-0.39, 0.29) is 0 Å². The first kappa shape index (κ1) is 12.9. The molecule has 0 spiro atoms. The summed E-state index contributed by atoms with van der Waals surface area (Å²) in [6.07, 6.45) is -4.89. The lowest BCUT2D eigenvalue weighted by Crippen LogP contribution is -2.57. The van der Waals surface area contributed by atoms with Crippen LogP contribution in [0.25, 0.3) is 0 Å². The fraction of sp³-hybridized carbons (Fsp3) is 1.00. The summed E-state index contributed by atoms with van der Waals surface area (Å²) < 4.78 is 10.6. The van der Waals surface area contributed by atoms with Gasteiger partial charge in [0.15, 0.2) is 6.29 Å². The molecule has 0 amide bonds. The second-order valence-corrected chi connectivity index (χ2v) is 4.41. The second-order valence-electron chi connectivity index (χ2n) is 4.41. The molecule has 1 rings (SSSR count). The smallest absolute Gasteiger partial charge is 0.186 e. The van der Waals surface area contributed by atoms with Crippen LogP contribution in [0.15, 0.2) is 0 Å². The summed E-state index contributed by atoms with van der Waals surface area (Å²) in [5.41, 5.74) is 0. The van der Waals surface area contributed by atoms with Crippen LogP contribution >= 0.6 is 0 Å². The summed E-state index contributed by atoms with van der Waals surface area (Å²) in [4.78, 5) is 0. The molecule has 5 atom stereocenters. The minimum atomic E-state index is -1.22. The zero-order valence-corrected chi connectivity index (χ0v) is 9.33. The lowest BCUT2D eigenvalue weighted by Gasteiger charge is -2.39. The zero-order valence-electron chi connectivity index (χ0n) is 9.33. The average Bonchev–Trinajstić information content (AvgIpc) is 2.18. The third-order valence-corrected chi connectivity index (χ3v) is 2.40. The van der Waals surface area contributed by atoms with E-state index in [1.54, 1.807) is 6.92 Å². The van der Waals surface area contributed by atoms with Crippen molar-refractivity contribution in [2.75, 3.05) is 6.61 Å². The molecule has 15 heavy (non-hydrogen) atoms. The van der Waals surface area contributed by atoms with Gasteiger partial charge < -0.3 is 24.8 Å². The summed E-state index contributed by atoms with van der Waals surface area (Å²) in [5, 5.41) is 28.5. The Kier molecular flexibility index (Phi) is 4.48. The van der Waals surface area contributed by atoms with Gasteiger partial charge >= 0.3 is 0 Å². The highest BCUT2D eigenvalue weighted by Crippen LogP contribution is 2.21. The molecule has 5 heteroatoms. The van der Waals surface area contributed by atoms with E-state index in [1.807, 2.05) is 13.8 Å². The van der Waals surface area contributed by atoms with Crippen molar-refractivity contribution in [3.05, 3.63) is 0 Å². The Hall–Kier alpha value is -0.200. The Labute approximate surface area is 89.6 Å². The molecule has 5 nitrogen and oxygen atoms in total. The minimum Gasteiger partial charge on any atom is -0.388 e. The molecule has 1 saturated heterocycles. The predicted octanol–water partition coefficient (Wildman–Crippen LogP) is -0.514. The van der Waals surface area contributed by atoms with Gasteiger partial charge in [0.1, 0.15) is 18.3 Å². The summed E-state index contributed by atoms with van der Waals surface area (Å²) >= 11 is 0. The molecule has 1 heterocycles. The van der Waals surface area contributed by atoms with Crippen molar-refractivity contribution in [2.24, 2.45) is 5.92 Å². The van der Waals surface area contributed by atoms with Crippen LogP contribution in [-0.4, -0.2) is 52.6 Å². The number of hydrogen-bond acceptors (Lipinski definition) is 5. The van der Waals surface area contributed by atoms with Crippen molar-refractivity contribution in [3.8, 4) is 0 Å². The van der Waals surface area contributed by atoms with Crippen molar-refractivity contribution >= 4 is 0 Å². The minimum absolute atomic E-state index is 0.320.